The smallest absolute Gasteiger partial charge is 0.0724 e. The molecule has 4 rings (SSSR count). The maximum absolute atomic E-state index is 6.64. The summed E-state index contributed by atoms with van der Waals surface area (Å²) in [7, 11) is 0. The maximum Gasteiger partial charge on any atom is 0.0724 e. The molecule has 0 saturated heterocycles. The molecule has 128 valence electrons. The second kappa shape index (κ2) is 6.59. The van der Waals surface area contributed by atoms with E-state index in [-0.39, 0.29) is 0 Å². The quantitative estimate of drug-likeness (QED) is 0.371. The molecule has 1 aromatic heterocycles. The molecule has 4 aromatic rings. The molecular formula is C24H20ClN. The van der Waals surface area contributed by atoms with Gasteiger partial charge in [-0.2, -0.15) is 0 Å². The van der Waals surface area contributed by atoms with Crippen LogP contribution in [-0.4, -0.2) is 4.98 Å². The predicted molar refractivity (Wildman–Crippen MR) is 112 cm³/mol. The molecule has 0 unspecified atom stereocenters. The van der Waals surface area contributed by atoms with E-state index in [0.29, 0.717) is 0 Å². The van der Waals surface area contributed by atoms with Gasteiger partial charge in [-0.15, -0.1) is 0 Å². The molecule has 0 spiro atoms. The first-order chi connectivity index (χ1) is 12.5. The first-order valence-electron chi connectivity index (χ1n) is 8.75. The van der Waals surface area contributed by atoms with Crippen LogP contribution in [0.2, 0.25) is 5.02 Å². The summed E-state index contributed by atoms with van der Waals surface area (Å²) >= 11 is 6.64. The molecule has 0 N–H and O–H groups in total. The summed E-state index contributed by atoms with van der Waals surface area (Å²) in [6.07, 6.45) is 0. The largest absolute Gasteiger partial charge is 0.248 e. The van der Waals surface area contributed by atoms with Crippen molar-refractivity contribution in [1.29, 1.82) is 0 Å². The Morgan fingerprint density at radius 3 is 1.96 bits per heavy atom. The summed E-state index contributed by atoms with van der Waals surface area (Å²) in [6.45, 7) is 6.31. The Balaban J connectivity index is 1.83. The molecule has 0 fully saturated rings. The molecular weight excluding hydrogens is 338 g/mol. The van der Waals surface area contributed by atoms with Crippen molar-refractivity contribution >= 4 is 22.5 Å². The van der Waals surface area contributed by atoms with E-state index in [4.69, 9.17) is 16.6 Å². The van der Waals surface area contributed by atoms with Gasteiger partial charge in [0.15, 0.2) is 0 Å². The number of benzene rings is 3. The van der Waals surface area contributed by atoms with E-state index >= 15 is 0 Å². The van der Waals surface area contributed by atoms with Gasteiger partial charge in [-0.3, -0.25) is 0 Å². The fourth-order valence-corrected chi connectivity index (χ4v) is 3.64. The molecule has 0 aliphatic heterocycles. The van der Waals surface area contributed by atoms with Gasteiger partial charge in [-0.1, -0.05) is 64.7 Å². The maximum atomic E-state index is 6.64. The van der Waals surface area contributed by atoms with Gasteiger partial charge in [-0.25, -0.2) is 4.98 Å². The Kier molecular flexibility index (Phi) is 4.26. The normalized spacial score (nSPS) is 11.1. The third-order valence-corrected chi connectivity index (χ3v) is 4.97. The zero-order valence-electron chi connectivity index (χ0n) is 15.2. The molecule has 3 aromatic carbocycles. The summed E-state index contributed by atoms with van der Waals surface area (Å²) in [4.78, 5) is 4.85. The van der Waals surface area contributed by atoms with Crippen LogP contribution in [-0.2, 0) is 0 Å². The lowest BCUT2D eigenvalue weighted by Crippen LogP contribution is -1.89. The molecule has 0 amide bonds. The van der Waals surface area contributed by atoms with E-state index in [1.165, 1.54) is 22.3 Å². The fourth-order valence-electron chi connectivity index (χ4n) is 3.38. The molecule has 0 bridgehead atoms. The van der Waals surface area contributed by atoms with Crippen molar-refractivity contribution in [1.82, 2.24) is 4.98 Å². The lowest BCUT2D eigenvalue weighted by atomic mass is 10.0. The van der Waals surface area contributed by atoms with Crippen molar-refractivity contribution in [3.8, 4) is 22.4 Å². The second-order valence-corrected chi connectivity index (χ2v) is 7.37. The van der Waals surface area contributed by atoms with Gasteiger partial charge in [0.1, 0.15) is 0 Å². The van der Waals surface area contributed by atoms with Crippen molar-refractivity contribution < 1.29 is 0 Å². The average molecular weight is 358 g/mol. The van der Waals surface area contributed by atoms with Crippen molar-refractivity contribution in [3.05, 3.63) is 88.4 Å². The van der Waals surface area contributed by atoms with Gasteiger partial charge in [0.25, 0.3) is 0 Å². The number of hydrogen-bond donors (Lipinski definition) is 0. The standard InChI is InChI=1S/C24H20ClN/c1-15-4-6-18(7-5-15)19-8-9-23-21(13-19)22(25)14-24(26-23)20-11-16(2)10-17(3)12-20/h4-14H,1-3H3. The number of rotatable bonds is 2. The minimum atomic E-state index is 0.734. The van der Waals surface area contributed by atoms with Gasteiger partial charge in [0.05, 0.1) is 16.2 Å². The molecule has 26 heavy (non-hydrogen) atoms. The third kappa shape index (κ3) is 3.23. The van der Waals surface area contributed by atoms with Crippen molar-refractivity contribution in [2.45, 2.75) is 20.8 Å². The Labute approximate surface area is 159 Å². The minimum Gasteiger partial charge on any atom is -0.248 e. The molecule has 0 aliphatic carbocycles. The topological polar surface area (TPSA) is 12.9 Å². The monoisotopic (exact) mass is 357 g/mol. The highest BCUT2D eigenvalue weighted by Gasteiger charge is 2.09. The number of aromatic nitrogens is 1. The van der Waals surface area contributed by atoms with Crippen LogP contribution >= 0.6 is 11.6 Å². The summed E-state index contributed by atoms with van der Waals surface area (Å²) in [5.41, 5.74) is 8.99. The number of halogens is 1. The fraction of sp³-hybridized carbons (Fsp3) is 0.125. The Morgan fingerprint density at radius 1 is 0.615 bits per heavy atom. The van der Waals surface area contributed by atoms with Crippen LogP contribution in [0, 0.1) is 20.8 Å². The first kappa shape index (κ1) is 16.8. The van der Waals surface area contributed by atoms with E-state index in [1.807, 2.05) is 6.07 Å². The first-order valence-corrected chi connectivity index (χ1v) is 9.13. The van der Waals surface area contributed by atoms with Gasteiger partial charge >= 0.3 is 0 Å². The van der Waals surface area contributed by atoms with Crippen LogP contribution in [0.5, 0.6) is 0 Å². The lowest BCUT2D eigenvalue weighted by molar-refractivity contribution is 1.34. The van der Waals surface area contributed by atoms with Crippen molar-refractivity contribution in [2.24, 2.45) is 0 Å². The third-order valence-electron chi connectivity index (χ3n) is 4.66. The van der Waals surface area contributed by atoms with Crippen LogP contribution in [0.15, 0.2) is 66.7 Å². The number of pyridine rings is 1. The molecule has 0 aliphatic rings. The Hall–Kier alpha value is -2.64. The Bertz CT molecular complexity index is 1090. The molecule has 1 heterocycles. The van der Waals surface area contributed by atoms with Crippen LogP contribution in [0.4, 0.5) is 0 Å². The van der Waals surface area contributed by atoms with Crippen LogP contribution < -0.4 is 0 Å². The highest BCUT2D eigenvalue weighted by molar-refractivity contribution is 6.35. The number of aryl methyl sites for hydroxylation is 3. The zero-order chi connectivity index (χ0) is 18.3. The summed E-state index contributed by atoms with van der Waals surface area (Å²) in [5.74, 6) is 0. The van der Waals surface area contributed by atoms with Gasteiger partial charge < -0.3 is 0 Å². The zero-order valence-corrected chi connectivity index (χ0v) is 15.9. The van der Waals surface area contributed by atoms with E-state index in [1.54, 1.807) is 0 Å². The van der Waals surface area contributed by atoms with E-state index in [0.717, 1.165) is 32.7 Å². The molecule has 1 nitrogen and oxygen atoms in total. The lowest BCUT2D eigenvalue weighted by Gasteiger charge is -2.10. The van der Waals surface area contributed by atoms with Gasteiger partial charge in [0.2, 0.25) is 0 Å². The summed E-state index contributed by atoms with van der Waals surface area (Å²) < 4.78 is 0. The average Bonchev–Trinajstić information content (AvgIpc) is 2.61. The van der Waals surface area contributed by atoms with Crippen LogP contribution in [0.1, 0.15) is 16.7 Å². The van der Waals surface area contributed by atoms with E-state index in [9.17, 15) is 0 Å². The molecule has 2 heteroatoms. The minimum absolute atomic E-state index is 0.734. The van der Waals surface area contributed by atoms with Gasteiger partial charge in [-0.05, 0) is 62.2 Å². The van der Waals surface area contributed by atoms with Crippen molar-refractivity contribution in [2.75, 3.05) is 0 Å². The van der Waals surface area contributed by atoms with Crippen LogP contribution in [0.3, 0.4) is 0 Å². The van der Waals surface area contributed by atoms with E-state index < -0.39 is 0 Å². The summed E-state index contributed by atoms with van der Waals surface area (Å²) in [6, 6.07) is 23.3. The summed E-state index contributed by atoms with van der Waals surface area (Å²) in [5, 5.41) is 1.72. The Morgan fingerprint density at radius 2 is 1.27 bits per heavy atom. The second-order valence-electron chi connectivity index (χ2n) is 6.96. The number of hydrogen-bond acceptors (Lipinski definition) is 1. The highest BCUT2D eigenvalue weighted by Crippen LogP contribution is 2.32. The molecule has 0 radical (unpaired) electrons. The van der Waals surface area contributed by atoms with Crippen LogP contribution in [0.25, 0.3) is 33.3 Å². The van der Waals surface area contributed by atoms with Crippen molar-refractivity contribution in [3.63, 3.8) is 0 Å². The molecule has 0 saturated carbocycles. The predicted octanol–water partition coefficient (Wildman–Crippen LogP) is 7.15. The van der Waals surface area contributed by atoms with E-state index in [2.05, 4.69) is 81.4 Å². The molecule has 0 atom stereocenters. The van der Waals surface area contributed by atoms with Gasteiger partial charge in [0, 0.05) is 10.9 Å². The highest BCUT2D eigenvalue weighted by atomic mass is 35.5. The number of nitrogens with zero attached hydrogens (tertiary/aromatic N) is 1. The SMILES string of the molecule is Cc1ccc(-c2ccc3nc(-c4cc(C)cc(C)c4)cc(Cl)c3c2)cc1. The number of fused-ring (bicyclic) bond motifs is 1.